The normalized spacial score (nSPS) is 14.8. The largest absolute Gasteiger partial charge is 0.384 e. The minimum atomic E-state index is -0.886. The highest BCUT2D eigenvalue weighted by Crippen LogP contribution is 2.13. The number of halogens is 1. The molecule has 0 radical (unpaired) electrons. The predicted octanol–water partition coefficient (Wildman–Crippen LogP) is 1.66. The molecule has 0 aromatic carbocycles. The molecule has 0 aromatic heterocycles. The van der Waals surface area contributed by atoms with Crippen LogP contribution in [0.1, 0.15) is 13.8 Å². The van der Waals surface area contributed by atoms with E-state index in [1.165, 1.54) is 0 Å². The van der Waals surface area contributed by atoms with Gasteiger partial charge < -0.3 is 20.7 Å². The monoisotopic (exact) mass is 302 g/mol. The summed E-state index contributed by atoms with van der Waals surface area (Å²) >= 11 is 3.28. The van der Waals surface area contributed by atoms with E-state index in [1.54, 1.807) is 24.9 Å². The minimum absolute atomic E-state index is 0.449. The number of rotatable bonds is 7. The second kappa shape index (κ2) is 8.03. The Morgan fingerprint density at radius 2 is 2.12 bits per heavy atom. The molecule has 0 saturated heterocycles. The summed E-state index contributed by atoms with van der Waals surface area (Å²) in [4.78, 5) is 1.58. The number of hydrogen-bond acceptors (Lipinski definition) is 4. The SMILES string of the molecule is CCN/C(Br)=C(\C=N)C(O)/C=C(\C)N(C)C=N. The van der Waals surface area contributed by atoms with E-state index in [0.717, 1.165) is 18.3 Å². The molecule has 0 rings (SSSR count). The molecule has 0 aliphatic rings. The molecule has 96 valence electrons. The first-order chi connectivity index (χ1) is 7.97. The minimum Gasteiger partial charge on any atom is -0.384 e. The van der Waals surface area contributed by atoms with Crippen LogP contribution in [-0.4, -0.2) is 42.3 Å². The van der Waals surface area contributed by atoms with Crippen molar-refractivity contribution in [3.63, 3.8) is 0 Å². The van der Waals surface area contributed by atoms with Gasteiger partial charge in [-0.15, -0.1) is 0 Å². The third kappa shape index (κ3) is 5.14. The van der Waals surface area contributed by atoms with E-state index >= 15 is 0 Å². The molecule has 17 heavy (non-hydrogen) atoms. The molecule has 6 heteroatoms. The lowest BCUT2D eigenvalue weighted by Gasteiger charge is -2.16. The Morgan fingerprint density at radius 1 is 1.53 bits per heavy atom. The van der Waals surface area contributed by atoms with E-state index in [1.807, 2.05) is 6.92 Å². The molecular formula is C11H19BrN4O. The zero-order chi connectivity index (χ0) is 13.4. The Balaban J connectivity index is 5.01. The summed E-state index contributed by atoms with van der Waals surface area (Å²) in [7, 11) is 1.72. The number of aliphatic hydroxyl groups is 1. The van der Waals surface area contributed by atoms with E-state index in [9.17, 15) is 5.11 Å². The molecule has 0 saturated carbocycles. The lowest BCUT2D eigenvalue weighted by molar-refractivity contribution is 0.262. The zero-order valence-electron chi connectivity index (χ0n) is 10.3. The van der Waals surface area contributed by atoms with Gasteiger partial charge in [0.2, 0.25) is 0 Å². The molecule has 5 nitrogen and oxygen atoms in total. The third-order valence-electron chi connectivity index (χ3n) is 2.21. The maximum Gasteiger partial charge on any atom is 0.103 e. The van der Waals surface area contributed by atoms with Crippen molar-refractivity contribution in [2.24, 2.45) is 0 Å². The number of allylic oxidation sites excluding steroid dienone is 1. The quantitative estimate of drug-likeness (QED) is 0.328. The topological polar surface area (TPSA) is 83.2 Å². The molecular weight excluding hydrogens is 284 g/mol. The van der Waals surface area contributed by atoms with Crippen molar-refractivity contribution < 1.29 is 5.11 Å². The van der Waals surface area contributed by atoms with E-state index in [4.69, 9.17) is 10.8 Å². The van der Waals surface area contributed by atoms with Crippen molar-refractivity contribution in [2.45, 2.75) is 20.0 Å². The first kappa shape index (κ1) is 15.9. The van der Waals surface area contributed by atoms with Gasteiger partial charge in [-0.05, 0) is 35.9 Å². The smallest absolute Gasteiger partial charge is 0.103 e. The Labute approximate surface area is 110 Å². The summed E-state index contributed by atoms with van der Waals surface area (Å²) in [5, 5.41) is 27.3. The lowest BCUT2D eigenvalue weighted by Crippen LogP contribution is -2.20. The highest BCUT2D eigenvalue weighted by molar-refractivity contribution is 9.11. The van der Waals surface area contributed by atoms with Gasteiger partial charge in [0, 0.05) is 31.1 Å². The molecule has 0 spiro atoms. The van der Waals surface area contributed by atoms with Crippen molar-refractivity contribution in [2.75, 3.05) is 13.6 Å². The molecule has 0 bridgehead atoms. The second-order valence-corrected chi connectivity index (χ2v) is 4.23. The van der Waals surface area contributed by atoms with Crippen molar-refractivity contribution in [3.8, 4) is 0 Å². The van der Waals surface area contributed by atoms with Crippen LogP contribution in [-0.2, 0) is 0 Å². The van der Waals surface area contributed by atoms with Crippen LogP contribution in [0.3, 0.4) is 0 Å². The molecule has 0 aliphatic carbocycles. The number of nitrogens with one attached hydrogen (secondary N) is 3. The van der Waals surface area contributed by atoms with Gasteiger partial charge in [0.1, 0.15) is 6.10 Å². The molecule has 0 aromatic rings. The number of nitrogens with zero attached hydrogens (tertiary/aromatic N) is 1. The van der Waals surface area contributed by atoms with Crippen LogP contribution in [0, 0.1) is 10.8 Å². The fraction of sp³-hybridized carbons (Fsp3) is 0.455. The van der Waals surface area contributed by atoms with Gasteiger partial charge in [0.15, 0.2) is 0 Å². The van der Waals surface area contributed by atoms with Gasteiger partial charge in [-0.3, -0.25) is 5.41 Å². The highest BCUT2D eigenvalue weighted by Gasteiger charge is 2.11. The summed E-state index contributed by atoms with van der Waals surface area (Å²) in [6.07, 6.45) is 2.96. The fourth-order valence-electron chi connectivity index (χ4n) is 1.07. The Hall–Kier alpha value is -1.14. The van der Waals surface area contributed by atoms with Crippen molar-refractivity contribution >= 4 is 28.5 Å². The van der Waals surface area contributed by atoms with Gasteiger partial charge in [0.25, 0.3) is 0 Å². The second-order valence-electron chi connectivity index (χ2n) is 3.44. The van der Waals surface area contributed by atoms with E-state index in [0.29, 0.717) is 16.7 Å². The van der Waals surface area contributed by atoms with Crippen LogP contribution in [0.2, 0.25) is 0 Å². The number of aliphatic hydroxyl groups excluding tert-OH is 1. The Morgan fingerprint density at radius 3 is 2.53 bits per heavy atom. The molecule has 0 aliphatic heterocycles. The van der Waals surface area contributed by atoms with Crippen molar-refractivity contribution in [1.29, 1.82) is 10.8 Å². The summed E-state index contributed by atoms with van der Waals surface area (Å²) in [6.45, 7) is 4.42. The summed E-state index contributed by atoms with van der Waals surface area (Å²) in [5.41, 5.74) is 1.19. The van der Waals surface area contributed by atoms with Crippen LogP contribution < -0.4 is 5.32 Å². The van der Waals surface area contributed by atoms with Gasteiger partial charge in [0.05, 0.1) is 10.9 Å². The van der Waals surface area contributed by atoms with Crippen molar-refractivity contribution in [1.82, 2.24) is 10.2 Å². The first-order valence-electron chi connectivity index (χ1n) is 5.21. The Kier molecular flexibility index (Phi) is 7.49. The molecule has 0 heterocycles. The maximum atomic E-state index is 9.96. The molecule has 1 atom stereocenters. The summed E-state index contributed by atoms with van der Waals surface area (Å²) in [5.74, 6) is 0. The van der Waals surface area contributed by atoms with Crippen LogP contribution in [0.25, 0.3) is 0 Å². The lowest BCUT2D eigenvalue weighted by atomic mass is 10.1. The van der Waals surface area contributed by atoms with E-state index < -0.39 is 6.10 Å². The van der Waals surface area contributed by atoms with Crippen LogP contribution in [0.5, 0.6) is 0 Å². The number of hydrogen-bond donors (Lipinski definition) is 4. The summed E-state index contributed by atoms with van der Waals surface area (Å²) < 4.78 is 0.601. The van der Waals surface area contributed by atoms with E-state index in [2.05, 4.69) is 21.2 Å². The molecule has 0 amide bonds. The standard InChI is InChI=1S/C11H19BrN4O/c1-4-15-11(12)9(6-13)10(17)5-8(2)16(3)7-14/h5-7,10,13-15,17H,4H2,1-3H3/b8-5+,11-9+,13-6?,14-7?. The average molecular weight is 303 g/mol. The van der Waals surface area contributed by atoms with Crippen LogP contribution in [0.4, 0.5) is 0 Å². The van der Waals surface area contributed by atoms with Gasteiger partial charge in [-0.25, -0.2) is 0 Å². The molecule has 1 unspecified atom stereocenters. The van der Waals surface area contributed by atoms with Gasteiger partial charge in [-0.2, -0.15) is 0 Å². The summed E-state index contributed by atoms with van der Waals surface area (Å²) in [6, 6.07) is 0. The fourth-order valence-corrected chi connectivity index (χ4v) is 1.70. The van der Waals surface area contributed by atoms with Crippen LogP contribution >= 0.6 is 15.9 Å². The predicted molar refractivity (Wildman–Crippen MR) is 74.7 cm³/mol. The molecule has 4 N–H and O–H groups in total. The zero-order valence-corrected chi connectivity index (χ0v) is 11.9. The first-order valence-corrected chi connectivity index (χ1v) is 6.01. The molecule has 0 fully saturated rings. The van der Waals surface area contributed by atoms with Crippen LogP contribution in [0.15, 0.2) is 22.0 Å². The van der Waals surface area contributed by atoms with Gasteiger partial charge in [-0.1, -0.05) is 0 Å². The third-order valence-corrected chi connectivity index (χ3v) is 2.95. The highest BCUT2D eigenvalue weighted by atomic mass is 79.9. The Bertz CT molecular complexity index is 338. The van der Waals surface area contributed by atoms with Gasteiger partial charge >= 0.3 is 0 Å². The average Bonchev–Trinajstić information content (AvgIpc) is 2.29. The van der Waals surface area contributed by atoms with Crippen molar-refractivity contribution in [3.05, 3.63) is 22.0 Å². The van der Waals surface area contributed by atoms with E-state index in [-0.39, 0.29) is 0 Å². The maximum absolute atomic E-state index is 9.96.